The van der Waals surface area contributed by atoms with Gasteiger partial charge < -0.3 is 10.5 Å². The van der Waals surface area contributed by atoms with Crippen molar-refractivity contribution in [2.75, 3.05) is 5.73 Å². The Kier molecular flexibility index (Phi) is 3.72. The van der Waals surface area contributed by atoms with Gasteiger partial charge in [0.15, 0.2) is 0 Å². The fourth-order valence-electron chi connectivity index (χ4n) is 1.57. The standard InChI is InChI=1S/C14H13ClFNO/c1-9-2-5-12(17)7-14(9)18-8-10-3-4-11(16)6-13(10)15/h2-7H,8,17H2,1H3. The van der Waals surface area contributed by atoms with Gasteiger partial charge in [0.2, 0.25) is 0 Å². The van der Waals surface area contributed by atoms with Crippen LogP contribution < -0.4 is 10.5 Å². The molecule has 0 atom stereocenters. The summed E-state index contributed by atoms with van der Waals surface area (Å²) in [4.78, 5) is 0. The molecule has 0 aromatic heterocycles. The van der Waals surface area contributed by atoms with Gasteiger partial charge in [0.25, 0.3) is 0 Å². The summed E-state index contributed by atoms with van der Waals surface area (Å²) in [6.07, 6.45) is 0. The Morgan fingerprint density at radius 3 is 2.72 bits per heavy atom. The number of anilines is 1. The summed E-state index contributed by atoms with van der Waals surface area (Å²) in [5.74, 6) is 0.347. The third kappa shape index (κ3) is 2.93. The highest BCUT2D eigenvalue weighted by molar-refractivity contribution is 6.31. The predicted molar refractivity (Wildman–Crippen MR) is 71.3 cm³/mol. The van der Waals surface area contributed by atoms with Crippen molar-refractivity contribution in [2.45, 2.75) is 13.5 Å². The molecule has 18 heavy (non-hydrogen) atoms. The molecule has 2 aromatic rings. The first-order chi connectivity index (χ1) is 8.56. The number of rotatable bonds is 3. The maximum atomic E-state index is 12.9. The van der Waals surface area contributed by atoms with Gasteiger partial charge in [-0.3, -0.25) is 0 Å². The van der Waals surface area contributed by atoms with Crippen molar-refractivity contribution in [2.24, 2.45) is 0 Å². The zero-order valence-corrected chi connectivity index (χ0v) is 10.7. The van der Waals surface area contributed by atoms with Crippen LogP contribution in [0.25, 0.3) is 0 Å². The average Bonchev–Trinajstić information content (AvgIpc) is 2.32. The van der Waals surface area contributed by atoms with Gasteiger partial charge in [-0.1, -0.05) is 23.7 Å². The molecule has 2 nitrogen and oxygen atoms in total. The molecule has 0 aliphatic rings. The summed E-state index contributed by atoms with van der Waals surface area (Å²) in [5, 5.41) is 0.358. The van der Waals surface area contributed by atoms with Crippen molar-refractivity contribution >= 4 is 17.3 Å². The largest absolute Gasteiger partial charge is 0.489 e. The van der Waals surface area contributed by atoms with Crippen LogP contribution >= 0.6 is 11.6 Å². The quantitative estimate of drug-likeness (QED) is 0.853. The number of benzene rings is 2. The topological polar surface area (TPSA) is 35.2 Å². The lowest BCUT2D eigenvalue weighted by atomic mass is 10.2. The van der Waals surface area contributed by atoms with Gasteiger partial charge >= 0.3 is 0 Å². The Labute approximate surface area is 110 Å². The Hall–Kier alpha value is -1.74. The first-order valence-corrected chi connectivity index (χ1v) is 5.87. The molecule has 0 bridgehead atoms. The fraction of sp³-hybridized carbons (Fsp3) is 0.143. The van der Waals surface area contributed by atoms with Gasteiger partial charge in [-0.15, -0.1) is 0 Å². The van der Waals surface area contributed by atoms with Gasteiger partial charge in [-0.25, -0.2) is 4.39 Å². The third-order valence-electron chi connectivity index (χ3n) is 2.61. The second-order valence-electron chi connectivity index (χ2n) is 4.05. The minimum atomic E-state index is -0.358. The first-order valence-electron chi connectivity index (χ1n) is 5.49. The van der Waals surface area contributed by atoms with Crippen LogP contribution in [-0.2, 0) is 6.61 Å². The molecule has 0 aliphatic carbocycles. The van der Waals surface area contributed by atoms with Gasteiger partial charge in [0.05, 0.1) is 5.02 Å². The van der Waals surface area contributed by atoms with Crippen LogP contribution in [0.1, 0.15) is 11.1 Å². The van der Waals surface area contributed by atoms with Gasteiger partial charge in [-0.2, -0.15) is 0 Å². The fourth-order valence-corrected chi connectivity index (χ4v) is 1.79. The van der Waals surface area contributed by atoms with E-state index in [0.29, 0.717) is 16.5 Å². The van der Waals surface area contributed by atoms with E-state index in [9.17, 15) is 4.39 Å². The van der Waals surface area contributed by atoms with E-state index in [1.807, 2.05) is 19.1 Å². The predicted octanol–water partition coefficient (Wildman–Crippen LogP) is 3.95. The summed E-state index contributed by atoms with van der Waals surface area (Å²) in [6, 6.07) is 9.69. The average molecular weight is 266 g/mol. The monoisotopic (exact) mass is 265 g/mol. The molecule has 2 rings (SSSR count). The lowest BCUT2D eigenvalue weighted by Gasteiger charge is -2.10. The van der Waals surface area contributed by atoms with Crippen molar-refractivity contribution in [3.05, 3.63) is 58.4 Å². The number of nitrogen functional groups attached to an aromatic ring is 1. The molecule has 2 N–H and O–H groups in total. The van der Waals surface area contributed by atoms with Gasteiger partial charge in [0, 0.05) is 17.3 Å². The minimum Gasteiger partial charge on any atom is -0.489 e. The molecule has 0 radical (unpaired) electrons. The number of nitrogens with two attached hydrogens (primary N) is 1. The SMILES string of the molecule is Cc1ccc(N)cc1OCc1ccc(F)cc1Cl. The van der Waals surface area contributed by atoms with Gasteiger partial charge in [-0.05, 0) is 30.7 Å². The molecule has 4 heteroatoms. The number of ether oxygens (including phenoxy) is 1. The second-order valence-corrected chi connectivity index (χ2v) is 4.46. The van der Waals surface area contributed by atoms with E-state index in [1.165, 1.54) is 12.1 Å². The molecular formula is C14H13ClFNO. The number of hydrogen-bond acceptors (Lipinski definition) is 2. The lowest BCUT2D eigenvalue weighted by Crippen LogP contribution is -1.99. The van der Waals surface area contributed by atoms with Crippen LogP contribution in [0.5, 0.6) is 5.75 Å². The van der Waals surface area contributed by atoms with Crippen molar-refractivity contribution < 1.29 is 9.13 Å². The highest BCUT2D eigenvalue weighted by Gasteiger charge is 2.05. The summed E-state index contributed by atoms with van der Waals surface area (Å²) >= 11 is 5.92. The molecule has 0 spiro atoms. The van der Waals surface area contributed by atoms with E-state index in [4.69, 9.17) is 22.1 Å². The number of hydrogen-bond donors (Lipinski definition) is 1. The summed E-state index contributed by atoms with van der Waals surface area (Å²) < 4.78 is 18.5. The second kappa shape index (κ2) is 5.27. The summed E-state index contributed by atoms with van der Waals surface area (Å²) in [7, 11) is 0. The minimum absolute atomic E-state index is 0.281. The zero-order chi connectivity index (χ0) is 13.1. The molecule has 0 fully saturated rings. The zero-order valence-electron chi connectivity index (χ0n) is 9.91. The van der Waals surface area contributed by atoms with Crippen LogP contribution in [0.2, 0.25) is 5.02 Å². The third-order valence-corrected chi connectivity index (χ3v) is 2.96. The Bertz CT molecular complexity index is 572. The highest BCUT2D eigenvalue weighted by atomic mass is 35.5. The van der Waals surface area contributed by atoms with Crippen LogP contribution in [-0.4, -0.2) is 0 Å². The maximum absolute atomic E-state index is 12.9. The van der Waals surface area contributed by atoms with Crippen LogP contribution in [0, 0.1) is 12.7 Å². The highest BCUT2D eigenvalue weighted by Crippen LogP contribution is 2.24. The number of halogens is 2. The van der Waals surface area contributed by atoms with E-state index in [1.54, 1.807) is 12.1 Å². The molecular weight excluding hydrogens is 253 g/mol. The molecule has 94 valence electrons. The van der Waals surface area contributed by atoms with E-state index in [0.717, 1.165) is 11.1 Å². The van der Waals surface area contributed by atoms with E-state index in [-0.39, 0.29) is 12.4 Å². The Balaban J connectivity index is 2.13. The van der Waals surface area contributed by atoms with Crippen molar-refractivity contribution in [3.8, 4) is 5.75 Å². The first kappa shape index (κ1) is 12.7. The number of aryl methyl sites for hydroxylation is 1. The molecule has 2 aromatic carbocycles. The van der Waals surface area contributed by atoms with Gasteiger partial charge in [0.1, 0.15) is 18.2 Å². The van der Waals surface area contributed by atoms with E-state index >= 15 is 0 Å². The molecule has 0 amide bonds. The molecule has 0 saturated carbocycles. The lowest BCUT2D eigenvalue weighted by molar-refractivity contribution is 0.304. The molecule has 0 aliphatic heterocycles. The van der Waals surface area contributed by atoms with Crippen molar-refractivity contribution in [1.82, 2.24) is 0 Å². The molecule has 0 saturated heterocycles. The van der Waals surface area contributed by atoms with Crippen LogP contribution in [0.3, 0.4) is 0 Å². The van der Waals surface area contributed by atoms with Crippen LogP contribution in [0.15, 0.2) is 36.4 Å². The Morgan fingerprint density at radius 1 is 1.22 bits per heavy atom. The molecule has 0 unspecified atom stereocenters. The van der Waals surface area contributed by atoms with Crippen molar-refractivity contribution in [1.29, 1.82) is 0 Å². The van der Waals surface area contributed by atoms with E-state index in [2.05, 4.69) is 0 Å². The molecule has 0 heterocycles. The van der Waals surface area contributed by atoms with Crippen molar-refractivity contribution in [3.63, 3.8) is 0 Å². The van der Waals surface area contributed by atoms with E-state index < -0.39 is 0 Å². The summed E-state index contributed by atoms with van der Waals surface area (Å²) in [5.41, 5.74) is 8.05. The normalized spacial score (nSPS) is 10.4. The summed E-state index contributed by atoms with van der Waals surface area (Å²) in [6.45, 7) is 2.21. The smallest absolute Gasteiger partial charge is 0.124 e. The Morgan fingerprint density at radius 2 is 2.00 bits per heavy atom. The maximum Gasteiger partial charge on any atom is 0.124 e. The van der Waals surface area contributed by atoms with Crippen LogP contribution in [0.4, 0.5) is 10.1 Å².